The molecule has 0 bridgehead atoms. The van der Waals surface area contributed by atoms with Gasteiger partial charge < -0.3 is 0 Å². The SMILES string of the molecule is CC(C)c1nn(-c2nc3ccccc3s2)c2c1C(=O)CCC2. The number of hydrogen-bond acceptors (Lipinski definition) is 4. The van der Waals surface area contributed by atoms with Crippen molar-refractivity contribution in [3.05, 3.63) is 41.2 Å². The van der Waals surface area contributed by atoms with Crippen LogP contribution >= 0.6 is 11.3 Å². The number of ketones is 1. The van der Waals surface area contributed by atoms with Gasteiger partial charge in [0.1, 0.15) is 0 Å². The predicted molar refractivity (Wildman–Crippen MR) is 88.1 cm³/mol. The van der Waals surface area contributed by atoms with Gasteiger partial charge in [0.2, 0.25) is 5.13 Å². The highest BCUT2D eigenvalue weighted by Crippen LogP contribution is 2.33. The minimum absolute atomic E-state index is 0.234. The number of aromatic nitrogens is 3. The van der Waals surface area contributed by atoms with Crippen LogP contribution in [0.1, 0.15) is 54.4 Å². The molecule has 2 heterocycles. The molecule has 2 aromatic heterocycles. The molecule has 22 heavy (non-hydrogen) atoms. The first kappa shape index (κ1) is 13.6. The summed E-state index contributed by atoms with van der Waals surface area (Å²) in [5, 5.41) is 5.61. The Morgan fingerprint density at radius 2 is 2.05 bits per heavy atom. The van der Waals surface area contributed by atoms with E-state index in [0.717, 1.165) is 45.1 Å². The van der Waals surface area contributed by atoms with Crippen molar-refractivity contribution in [3.63, 3.8) is 0 Å². The fourth-order valence-electron chi connectivity index (χ4n) is 3.06. The molecular formula is C17H17N3OS. The second-order valence-electron chi connectivity index (χ2n) is 6.01. The van der Waals surface area contributed by atoms with Gasteiger partial charge in [0.25, 0.3) is 0 Å². The predicted octanol–water partition coefficient (Wildman–Crippen LogP) is 4.12. The van der Waals surface area contributed by atoms with E-state index < -0.39 is 0 Å². The topological polar surface area (TPSA) is 47.8 Å². The molecule has 0 N–H and O–H groups in total. The molecule has 3 aromatic rings. The number of carbonyl (C=O) groups excluding carboxylic acids is 1. The molecule has 5 heteroatoms. The number of thiazole rings is 1. The van der Waals surface area contributed by atoms with Gasteiger partial charge in [0.15, 0.2) is 5.78 Å². The van der Waals surface area contributed by atoms with Crippen molar-refractivity contribution in [3.8, 4) is 5.13 Å². The first-order valence-electron chi connectivity index (χ1n) is 7.66. The van der Waals surface area contributed by atoms with Crippen molar-refractivity contribution in [1.82, 2.24) is 14.8 Å². The Morgan fingerprint density at radius 3 is 2.82 bits per heavy atom. The average Bonchev–Trinajstić information content (AvgIpc) is 3.08. The molecule has 0 fully saturated rings. The first-order valence-corrected chi connectivity index (χ1v) is 8.47. The Bertz CT molecular complexity index is 842. The zero-order chi connectivity index (χ0) is 15.3. The summed E-state index contributed by atoms with van der Waals surface area (Å²) in [6, 6.07) is 8.10. The van der Waals surface area contributed by atoms with Crippen LogP contribution < -0.4 is 0 Å². The van der Waals surface area contributed by atoms with E-state index in [1.807, 2.05) is 22.9 Å². The highest BCUT2D eigenvalue weighted by Gasteiger charge is 2.29. The van der Waals surface area contributed by atoms with Crippen molar-refractivity contribution in [2.24, 2.45) is 0 Å². The summed E-state index contributed by atoms with van der Waals surface area (Å²) in [7, 11) is 0. The minimum Gasteiger partial charge on any atom is -0.294 e. The number of para-hydroxylation sites is 1. The second-order valence-corrected chi connectivity index (χ2v) is 7.02. The van der Waals surface area contributed by atoms with Crippen LogP contribution in [0.5, 0.6) is 0 Å². The Morgan fingerprint density at radius 1 is 1.23 bits per heavy atom. The second kappa shape index (κ2) is 5.02. The molecule has 0 aliphatic heterocycles. The van der Waals surface area contributed by atoms with Crippen LogP contribution in [-0.2, 0) is 6.42 Å². The molecule has 0 spiro atoms. The van der Waals surface area contributed by atoms with Crippen LogP contribution in [0.2, 0.25) is 0 Å². The van der Waals surface area contributed by atoms with Crippen LogP contribution in [0.3, 0.4) is 0 Å². The molecule has 112 valence electrons. The van der Waals surface area contributed by atoms with Crippen LogP contribution in [0.15, 0.2) is 24.3 Å². The summed E-state index contributed by atoms with van der Waals surface area (Å²) in [5.74, 6) is 0.476. The quantitative estimate of drug-likeness (QED) is 0.715. The van der Waals surface area contributed by atoms with Gasteiger partial charge in [0, 0.05) is 6.42 Å². The summed E-state index contributed by atoms with van der Waals surface area (Å²) in [6.45, 7) is 4.18. The Labute approximate surface area is 132 Å². The van der Waals surface area contributed by atoms with E-state index in [9.17, 15) is 4.79 Å². The molecule has 0 radical (unpaired) electrons. The fraction of sp³-hybridized carbons (Fsp3) is 0.353. The fourth-order valence-corrected chi connectivity index (χ4v) is 4.00. The van der Waals surface area contributed by atoms with Gasteiger partial charge in [-0.15, -0.1) is 0 Å². The lowest BCUT2D eigenvalue weighted by atomic mass is 9.91. The highest BCUT2D eigenvalue weighted by molar-refractivity contribution is 7.20. The normalized spacial score (nSPS) is 14.8. The molecule has 4 rings (SSSR count). The molecule has 0 amide bonds. The van der Waals surface area contributed by atoms with E-state index in [1.54, 1.807) is 11.3 Å². The van der Waals surface area contributed by atoms with Crippen molar-refractivity contribution in [2.75, 3.05) is 0 Å². The van der Waals surface area contributed by atoms with Crippen molar-refractivity contribution < 1.29 is 4.79 Å². The third kappa shape index (κ3) is 2.00. The average molecular weight is 311 g/mol. The molecule has 1 aliphatic rings. The van der Waals surface area contributed by atoms with Crippen LogP contribution in [0.4, 0.5) is 0 Å². The van der Waals surface area contributed by atoms with Crippen molar-refractivity contribution >= 4 is 27.3 Å². The lowest BCUT2D eigenvalue weighted by Gasteiger charge is -2.12. The highest BCUT2D eigenvalue weighted by atomic mass is 32.1. The zero-order valence-electron chi connectivity index (χ0n) is 12.7. The molecule has 0 atom stereocenters. The summed E-state index contributed by atoms with van der Waals surface area (Å²) in [4.78, 5) is 17.1. The molecular weight excluding hydrogens is 294 g/mol. The van der Waals surface area contributed by atoms with Crippen molar-refractivity contribution in [1.29, 1.82) is 0 Å². The number of Topliss-reactive ketones (excluding diaryl/α,β-unsaturated/α-hetero) is 1. The number of rotatable bonds is 2. The van der Waals surface area contributed by atoms with E-state index in [4.69, 9.17) is 10.1 Å². The maximum absolute atomic E-state index is 12.4. The number of hydrogen-bond donors (Lipinski definition) is 0. The number of fused-ring (bicyclic) bond motifs is 2. The lowest BCUT2D eigenvalue weighted by Crippen LogP contribution is -2.13. The molecule has 0 saturated heterocycles. The van der Waals surface area contributed by atoms with E-state index in [2.05, 4.69) is 19.9 Å². The Hall–Kier alpha value is -2.01. The first-order chi connectivity index (χ1) is 10.6. The smallest absolute Gasteiger partial charge is 0.211 e. The van der Waals surface area contributed by atoms with Gasteiger partial charge in [-0.3, -0.25) is 4.79 Å². The van der Waals surface area contributed by atoms with Gasteiger partial charge >= 0.3 is 0 Å². The van der Waals surface area contributed by atoms with Gasteiger partial charge in [-0.05, 0) is 30.9 Å². The van der Waals surface area contributed by atoms with Gasteiger partial charge in [-0.25, -0.2) is 9.67 Å². The standard InChI is InChI=1S/C17H17N3OS/c1-10(2)16-15-12(7-5-8-13(15)21)20(19-16)17-18-11-6-3-4-9-14(11)22-17/h3-4,6,9-10H,5,7-8H2,1-2H3. The van der Waals surface area contributed by atoms with E-state index >= 15 is 0 Å². The van der Waals surface area contributed by atoms with Gasteiger partial charge in [-0.1, -0.05) is 37.3 Å². The third-order valence-corrected chi connectivity index (χ3v) is 5.13. The summed E-state index contributed by atoms with van der Waals surface area (Å²) in [6.07, 6.45) is 2.44. The van der Waals surface area contributed by atoms with Gasteiger partial charge in [0.05, 0.1) is 27.2 Å². The maximum atomic E-state index is 12.4. The third-order valence-electron chi connectivity index (χ3n) is 4.12. The maximum Gasteiger partial charge on any atom is 0.211 e. The molecule has 0 unspecified atom stereocenters. The van der Waals surface area contributed by atoms with Crippen LogP contribution in [0, 0.1) is 0 Å². The molecule has 1 aromatic carbocycles. The number of carbonyl (C=O) groups is 1. The number of nitrogens with zero attached hydrogens (tertiary/aromatic N) is 3. The number of benzene rings is 1. The Balaban J connectivity index is 1.95. The van der Waals surface area contributed by atoms with Crippen LogP contribution in [0.25, 0.3) is 15.3 Å². The van der Waals surface area contributed by atoms with Crippen molar-refractivity contribution in [2.45, 2.75) is 39.0 Å². The summed E-state index contributed by atoms with van der Waals surface area (Å²) in [5.41, 5.74) is 3.79. The summed E-state index contributed by atoms with van der Waals surface area (Å²) < 4.78 is 3.06. The minimum atomic E-state index is 0.234. The Kier molecular flexibility index (Phi) is 3.11. The molecule has 1 aliphatic carbocycles. The van der Waals surface area contributed by atoms with E-state index in [-0.39, 0.29) is 11.7 Å². The largest absolute Gasteiger partial charge is 0.294 e. The molecule has 4 nitrogen and oxygen atoms in total. The van der Waals surface area contributed by atoms with Crippen LogP contribution in [-0.4, -0.2) is 20.5 Å². The monoisotopic (exact) mass is 311 g/mol. The van der Waals surface area contributed by atoms with E-state index in [0.29, 0.717) is 6.42 Å². The van der Waals surface area contributed by atoms with E-state index in [1.165, 1.54) is 0 Å². The van der Waals surface area contributed by atoms with Gasteiger partial charge in [-0.2, -0.15) is 5.10 Å². The summed E-state index contributed by atoms with van der Waals surface area (Å²) >= 11 is 1.63. The molecule has 0 saturated carbocycles. The zero-order valence-corrected chi connectivity index (χ0v) is 13.5. The lowest BCUT2D eigenvalue weighted by molar-refractivity contribution is 0.0971.